The van der Waals surface area contributed by atoms with Gasteiger partial charge in [-0.1, -0.05) is 18.9 Å². The molecule has 7 nitrogen and oxygen atoms in total. The van der Waals surface area contributed by atoms with Gasteiger partial charge in [0.05, 0.1) is 25.9 Å². The summed E-state index contributed by atoms with van der Waals surface area (Å²) in [7, 11) is 3.24. The largest absolute Gasteiger partial charge is 0.497 e. The Kier molecular flexibility index (Phi) is 6.13. The van der Waals surface area contributed by atoms with Crippen LogP contribution in [0.15, 0.2) is 42.5 Å². The second-order valence-corrected chi connectivity index (χ2v) is 9.24. The standard InChI is InChI=1S/C27H31NO6/c1-31-19-8-9-20(23(16-19)32-2)26-21-5-3-4-12-27(21,30)13-14-28(26)25(29)11-7-18-6-10-22-24(15-18)34-17-33-22/h6-11,15-16,21,26,30H,3-5,12-14,17H2,1-2H3/b11-7+. The van der Waals surface area contributed by atoms with Crippen LogP contribution in [0.3, 0.4) is 0 Å². The molecule has 3 aliphatic rings. The molecule has 2 aromatic carbocycles. The summed E-state index contributed by atoms with van der Waals surface area (Å²) in [6, 6.07) is 11.0. The second kappa shape index (κ2) is 9.22. The van der Waals surface area contributed by atoms with Gasteiger partial charge < -0.3 is 29.0 Å². The molecule has 5 rings (SSSR count). The fourth-order valence-corrected chi connectivity index (χ4v) is 5.66. The van der Waals surface area contributed by atoms with Crippen LogP contribution in [0.25, 0.3) is 6.08 Å². The van der Waals surface area contributed by atoms with Gasteiger partial charge in [-0.25, -0.2) is 0 Å². The van der Waals surface area contributed by atoms with Gasteiger partial charge in [0, 0.05) is 30.2 Å². The van der Waals surface area contributed by atoms with E-state index in [1.807, 2.05) is 41.3 Å². The number of amides is 1. The van der Waals surface area contributed by atoms with Gasteiger partial charge in [0.1, 0.15) is 11.5 Å². The number of piperidine rings is 1. The van der Waals surface area contributed by atoms with Gasteiger partial charge in [-0.05, 0) is 55.2 Å². The number of hydrogen-bond donors (Lipinski definition) is 1. The molecule has 1 N–H and O–H groups in total. The van der Waals surface area contributed by atoms with Gasteiger partial charge in [-0.15, -0.1) is 0 Å². The van der Waals surface area contributed by atoms with Crippen molar-refractivity contribution in [2.45, 2.75) is 43.7 Å². The van der Waals surface area contributed by atoms with E-state index in [9.17, 15) is 9.90 Å². The van der Waals surface area contributed by atoms with Crippen LogP contribution in [0, 0.1) is 5.92 Å². The Hall–Kier alpha value is -3.19. The van der Waals surface area contributed by atoms with E-state index in [0.29, 0.717) is 36.0 Å². The average molecular weight is 466 g/mol. The van der Waals surface area contributed by atoms with Crippen molar-refractivity contribution >= 4 is 12.0 Å². The molecular formula is C27H31NO6. The number of fused-ring (bicyclic) bond motifs is 2. The van der Waals surface area contributed by atoms with Crippen molar-refractivity contribution < 1.29 is 28.8 Å². The van der Waals surface area contributed by atoms with Crippen LogP contribution in [0.2, 0.25) is 0 Å². The van der Waals surface area contributed by atoms with Crippen molar-refractivity contribution in [1.82, 2.24) is 4.90 Å². The maximum atomic E-state index is 13.5. The van der Waals surface area contributed by atoms with Gasteiger partial charge in [0.2, 0.25) is 12.7 Å². The lowest BCUT2D eigenvalue weighted by Gasteiger charge is -2.52. The summed E-state index contributed by atoms with van der Waals surface area (Å²) in [4.78, 5) is 15.4. The minimum Gasteiger partial charge on any atom is -0.497 e. The lowest BCUT2D eigenvalue weighted by molar-refractivity contribution is -0.151. The van der Waals surface area contributed by atoms with Crippen LogP contribution in [0.5, 0.6) is 23.0 Å². The number of rotatable bonds is 5. The van der Waals surface area contributed by atoms with E-state index < -0.39 is 5.60 Å². The van der Waals surface area contributed by atoms with Crippen molar-refractivity contribution in [2.75, 3.05) is 27.6 Å². The van der Waals surface area contributed by atoms with Gasteiger partial charge in [0.25, 0.3) is 0 Å². The number of methoxy groups -OCH3 is 2. The predicted molar refractivity (Wildman–Crippen MR) is 127 cm³/mol. The molecule has 180 valence electrons. The molecule has 34 heavy (non-hydrogen) atoms. The molecule has 1 saturated heterocycles. The van der Waals surface area contributed by atoms with E-state index in [0.717, 1.165) is 36.8 Å². The third-order valence-electron chi connectivity index (χ3n) is 7.42. The minimum absolute atomic E-state index is 0.0554. The molecular weight excluding hydrogens is 434 g/mol. The fourth-order valence-electron chi connectivity index (χ4n) is 5.66. The maximum absolute atomic E-state index is 13.5. The Labute approximate surface area is 199 Å². The number of aliphatic hydroxyl groups is 1. The summed E-state index contributed by atoms with van der Waals surface area (Å²) < 4.78 is 21.9. The van der Waals surface area contributed by atoms with E-state index in [1.54, 1.807) is 26.4 Å². The number of benzene rings is 2. The van der Waals surface area contributed by atoms with Crippen LogP contribution < -0.4 is 18.9 Å². The van der Waals surface area contributed by atoms with Crippen molar-refractivity contribution in [3.63, 3.8) is 0 Å². The first-order chi connectivity index (χ1) is 16.5. The van der Waals surface area contributed by atoms with Gasteiger partial charge >= 0.3 is 0 Å². The Morgan fingerprint density at radius 3 is 2.76 bits per heavy atom. The highest BCUT2D eigenvalue weighted by atomic mass is 16.7. The van der Waals surface area contributed by atoms with Crippen LogP contribution in [-0.4, -0.2) is 49.1 Å². The Balaban J connectivity index is 1.48. The normalized spacial score (nSPS) is 25.8. The summed E-state index contributed by atoms with van der Waals surface area (Å²) in [5, 5.41) is 11.5. The van der Waals surface area contributed by atoms with Crippen molar-refractivity contribution in [2.24, 2.45) is 5.92 Å². The van der Waals surface area contributed by atoms with E-state index in [2.05, 4.69) is 0 Å². The van der Waals surface area contributed by atoms with Crippen LogP contribution in [-0.2, 0) is 4.79 Å². The SMILES string of the molecule is COc1ccc(C2C3CCCCC3(O)CCN2C(=O)/C=C/c2ccc3c(c2)OCO3)c(OC)c1. The zero-order chi connectivity index (χ0) is 23.7. The van der Waals surface area contributed by atoms with E-state index in [-0.39, 0.29) is 24.7 Å². The van der Waals surface area contributed by atoms with Crippen LogP contribution in [0.4, 0.5) is 0 Å². The lowest BCUT2D eigenvalue weighted by Crippen LogP contribution is -2.56. The highest BCUT2D eigenvalue weighted by molar-refractivity contribution is 5.92. The van der Waals surface area contributed by atoms with Crippen molar-refractivity contribution in [3.05, 3.63) is 53.6 Å². The third-order valence-corrected chi connectivity index (χ3v) is 7.42. The molecule has 2 aliphatic heterocycles. The Bertz CT molecular complexity index is 1100. The minimum atomic E-state index is -0.772. The van der Waals surface area contributed by atoms with Gasteiger partial charge in [-0.2, -0.15) is 0 Å². The zero-order valence-electron chi connectivity index (χ0n) is 19.7. The lowest BCUT2D eigenvalue weighted by atomic mass is 9.66. The molecule has 7 heteroatoms. The zero-order valence-corrected chi connectivity index (χ0v) is 19.7. The molecule has 1 amide bonds. The molecule has 3 atom stereocenters. The molecule has 0 radical (unpaired) electrons. The first kappa shape index (κ1) is 22.6. The molecule has 0 bridgehead atoms. The topological polar surface area (TPSA) is 77.5 Å². The smallest absolute Gasteiger partial charge is 0.247 e. The maximum Gasteiger partial charge on any atom is 0.247 e. The van der Waals surface area contributed by atoms with Gasteiger partial charge in [-0.3, -0.25) is 4.79 Å². The number of carbonyl (C=O) groups is 1. The third kappa shape index (κ3) is 4.09. The number of likely N-dealkylation sites (tertiary alicyclic amines) is 1. The summed E-state index contributed by atoms with van der Waals surface area (Å²) in [6.45, 7) is 0.696. The molecule has 2 fully saturated rings. The van der Waals surface area contributed by atoms with Crippen molar-refractivity contribution in [1.29, 1.82) is 0 Å². The number of ether oxygens (including phenoxy) is 4. The highest BCUT2D eigenvalue weighted by Crippen LogP contribution is 2.51. The van der Waals surface area contributed by atoms with E-state index in [1.165, 1.54) is 0 Å². The predicted octanol–water partition coefficient (Wildman–Crippen LogP) is 4.34. The Morgan fingerprint density at radius 2 is 1.94 bits per heavy atom. The Morgan fingerprint density at radius 1 is 1.09 bits per heavy atom. The van der Waals surface area contributed by atoms with Crippen LogP contribution in [0.1, 0.15) is 49.3 Å². The first-order valence-electron chi connectivity index (χ1n) is 11.8. The summed E-state index contributed by atoms with van der Waals surface area (Å²) in [5.41, 5.74) is 0.992. The molecule has 0 aromatic heterocycles. The summed E-state index contributed by atoms with van der Waals surface area (Å²) >= 11 is 0. The summed E-state index contributed by atoms with van der Waals surface area (Å²) in [6.07, 6.45) is 7.67. The molecule has 2 aromatic rings. The molecule has 0 spiro atoms. The molecule has 1 aliphatic carbocycles. The number of carbonyl (C=O) groups excluding carboxylic acids is 1. The number of nitrogens with zero attached hydrogens (tertiary/aromatic N) is 1. The quantitative estimate of drug-likeness (QED) is 0.662. The van der Waals surface area contributed by atoms with E-state index in [4.69, 9.17) is 18.9 Å². The number of hydrogen-bond acceptors (Lipinski definition) is 6. The molecule has 1 saturated carbocycles. The monoisotopic (exact) mass is 465 g/mol. The molecule has 2 heterocycles. The highest BCUT2D eigenvalue weighted by Gasteiger charge is 2.50. The van der Waals surface area contributed by atoms with Gasteiger partial charge in [0.15, 0.2) is 11.5 Å². The van der Waals surface area contributed by atoms with Crippen molar-refractivity contribution in [3.8, 4) is 23.0 Å². The van der Waals surface area contributed by atoms with Crippen LogP contribution >= 0.6 is 0 Å². The summed E-state index contributed by atoms with van der Waals surface area (Å²) in [5.74, 6) is 2.60. The fraction of sp³-hybridized carbons (Fsp3) is 0.444. The second-order valence-electron chi connectivity index (χ2n) is 9.24. The average Bonchev–Trinajstić information content (AvgIpc) is 3.34. The first-order valence-corrected chi connectivity index (χ1v) is 11.8. The van der Waals surface area contributed by atoms with E-state index >= 15 is 0 Å². The molecule has 3 unspecified atom stereocenters.